The van der Waals surface area contributed by atoms with Crippen LogP contribution in [0.5, 0.6) is 0 Å². The Hall–Kier alpha value is -1.59. The molecule has 2 rings (SSSR count). The predicted octanol–water partition coefficient (Wildman–Crippen LogP) is 1.13. The number of nitrogens with zero attached hydrogens (tertiary/aromatic N) is 3. The number of likely N-dealkylation sites (tertiary alicyclic amines) is 1. The van der Waals surface area contributed by atoms with Gasteiger partial charge in [0.2, 0.25) is 5.95 Å². The number of hydrogen-bond donors (Lipinski definition) is 2. The van der Waals surface area contributed by atoms with Gasteiger partial charge in [-0.25, -0.2) is 4.79 Å². The molecule has 1 aliphatic heterocycles. The van der Waals surface area contributed by atoms with Crippen LogP contribution in [-0.4, -0.2) is 39.2 Å². The zero-order valence-corrected chi connectivity index (χ0v) is 8.79. The maximum atomic E-state index is 11.7. The first-order chi connectivity index (χ1) is 7.25. The maximum absolute atomic E-state index is 11.7. The molecule has 0 atom stereocenters. The number of anilines is 1. The monoisotopic (exact) mass is 209 g/mol. The fourth-order valence-electron chi connectivity index (χ4n) is 1.67. The largest absolute Gasteiger partial charge is 0.324 e. The number of carbonyl (C=O) groups is 1. The quantitative estimate of drug-likeness (QED) is 0.728. The third kappa shape index (κ3) is 2.45. The van der Waals surface area contributed by atoms with Crippen molar-refractivity contribution in [1.82, 2.24) is 20.1 Å². The molecule has 2 amide bonds. The van der Waals surface area contributed by atoms with Gasteiger partial charge in [-0.15, -0.1) is 5.10 Å². The molecule has 0 aromatic carbocycles. The molecule has 0 saturated carbocycles. The van der Waals surface area contributed by atoms with Gasteiger partial charge < -0.3 is 4.90 Å². The molecule has 1 fully saturated rings. The summed E-state index contributed by atoms with van der Waals surface area (Å²) in [6.07, 6.45) is 3.38. The van der Waals surface area contributed by atoms with E-state index in [1.54, 1.807) is 11.8 Å². The Balaban J connectivity index is 1.91. The van der Waals surface area contributed by atoms with Gasteiger partial charge in [-0.05, 0) is 26.2 Å². The Kier molecular flexibility index (Phi) is 2.84. The van der Waals surface area contributed by atoms with Crippen LogP contribution in [0.1, 0.15) is 25.1 Å². The minimum absolute atomic E-state index is 0.103. The topological polar surface area (TPSA) is 73.9 Å². The Bertz CT molecular complexity index is 342. The number of aryl methyl sites for hydroxylation is 1. The first-order valence-corrected chi connectivity index (χ1v) is 5.20. The van der Waals surface area contributed by atoms with Gasteiger partial charge in [0.15, 0.2) is 0 Å². The maximum Gasteiger partial charge on any atom is 0.324 e. The molecular weight excluding hydrogens is 194 g/mol. The summed E-state index contributed by atoms with van der Waals surface area (Å²) in [6.45, 7) is 3.45. The van der Waals surface area contributed by atoms with Gasteiger partial charge in [0, 0.05) is 13.1 Å². The van der Waals surface area contributed by atoms with Crippen LogP contribution < -0.4 is 5.32 Å². The van der Waals surface area contributed by atoms with E-state index < -0.39 is 0 Å². The van der Waals surface area contributed by atoms with Crippen LogP contribution in [0.25, 0.3) is 0 Å². The van der Waals surface area contributed by atoms with Crippen molar-refractivity contribution in [2.24, 2.45) is 0 Å². The van der Waals surface area contributed by atoms with Crippen molar-refractivity contribution in [1.29, 1.82) is 0 Å². The number of rotatable bonds is 1. The van der Waals surface area contributed by atoms with Crippen LogP contribution in [0.4, 0.5) is 10.7 Å². The summed E-state index contributed by atoms with van der Waals surface area (Å²) in [5.41, 5.74) is 0. The van der Waals surface area contributed by atoms with Gasteiger partial charge in [0.25, 0.3) is 0 Å². The second-order valence-electron chi connectivity index (χ2n) is 3.72. The number of H-pyrrole nitrogens is 1. The van der Waals surface area contributed by atoms with Crippen molar-refractivity contribution in [3.8, 4) is 0 Å². The molecule has 15 heavy (non-hydrogen) atoms. The second kappa shape index (κ2) is 4.29. The molecule has 0 radical (unpaired) electrons. The van der Waals surface area contributed by atoms with Gasteiger partial charge in [-0.3, -0.25) is 10.4 Å². The molecular formula is C9H15N5O. The van der Waals surface area contributed by atoms with Gasteiger partial charge in [-0.1, -0.05) is 0 Å². The zero-order valence-electron chi connectivity index (χ0n) is 8.79. The lowest BCUT2D eigenvalue weighted by Crippen LogP contribution is -2.38. The van der Waals surface area contributed by atoms with Gasteiger partial charge in [0.05, 0.1) is 0 Å². The van der Waals surface area contributed by atoms with Crippen molar-refractivity contribution in [2.45, 2.75) is 26.2 Å². The average Bonchev–Trinajstić information content (AvgIpc) is 2.65. The summed E-state index contributed by atoms with van der Waals surface area (Å²) in [5, 5.41) is 9.20. The van der Waals surface area contributed by atoms with Gasteiger partial charge in [0.1, 0.15) is 5.82 Å². The van der Waals surface area contributed by atoms with Crippen LogP contribution >= 0.6 is 0 Å². The predicted molar refractivity (Wildman–Crippen MR) is 55.6 cm³/mol. The molecule has 0 spiro atoms. The molecule has 1 saturated heterocycles. The highest BCUT2D eigenvalue weighted by Crippen LogP contribution is 2.10. The SMILES string of the molecule is Cc1nc(NC(=O)N2CCCCC2)n[nH]1. The third-order valence-electron chi connectivity index (χ3n) is 2.46. The number of nitrogens with one attached hydrogen (secondary N) is 2. The van der Waals surface area contributed by atoms with E-state index in [-0.39, 0.29) is 6.03 Å². The van der Waals surface area contributed by atoms with E-state index in [1.807, 2.05) is 0 Å². The first-order valence-electron chi connectivity index (χ1n) is 5.20. The van der Waals surface area contributed by atoms with Crippen LogP contribution in [0.3, 0.4) is 0 Å². The summed E-state index contributed by atoms with van der Waals surface area (Å²) in [7, 11) is 0. The second-order valence-corrected chi connectivity index (χ2v) is 3.72. The molecule has 1 aliphatic rings. The molecule has 0 unspecified atom stereocenters. The van der Waals surface area contributed by atoms with E-state index >= 15 is 0 Å². The molecule has 0 aliphatic carbocycles. The number of carbonyl (C=O) groups excluding carboxylic acids is 1. The lowest BCUT2D eigenvalue weighted by molar-refractivity contribution is 0.200. The molecule has 1 aromatic heterocycles. The Morgan fingerprint density at radius 1 is 1.40 bits per heavy atom. The number of aromatic nitrogens is 3. The zero-order chi connectivity index (χ0) is 10.7. The fourth-order valence-corrected chi connectivity index (χ4v) is 1.67. The standard InChI is InChI=1S/C9H15N5O/c1-7-10-8(13-12-7)11-9(15)14-5-3-2-4-6-14/h2-6H2,1H3,(H2,10,11,12,13,15). The number of aromatic amines is 1. The number of piperidine rings is 1. The van der Waals surface area contributed by atoms with Crippen molar-refractivity contribution < 1.29 is 4.79 Å². The van der Waals surface area contributed by atoms with Gasteiger partial charge in [-0.2, -0.15) is 4.98 Å². The minimum Gasteiger partial charge on any atom is -0.324 e. The van der Waals surface area contributed by atoms with E-state index in [9.17, 15) is 4.79 Å². The molecule has 6 heteroatoms. The van der Waals surface area contributed by atoms with E-state index in [4.69, 9.17) is 0 Å². The lowest BCUT2D eigenvalue weighted by atomic mass is 10.1. The highest BCUT2D eigenvalue weighted by Gasteiger charge is 2.17. The van der Waals surface area contributed by atoms with Crippen molar-refractivity contribution >= 4 is 12.0 Å². The number of urea groups is 1. The first kappa shape index (κ1) is 9.95. The molecule has 2 N–H and O–H groups in total. The van der Waals surface area contributed by atoms with E-state index in [2.05, 4.69) is 20.5 Å². The normalized spacial score (nSPS) is 16.5. The van der Waals surface area contributed by atoms with E-state index in [1.165, 1.54) is 6.42 Å². The Morgan fingerprint density at radius 3 is 2.73 bits per heavy atom. The Morgan fingerprint density at radius 2 is 2.13 bits per heavy atom. The van der Waals surface area contributed by atoms with Crippen molar-refractivity contribution in [2.75, 3.05) is 18.4 Å². The highest BCUT2D eigenvalue weighted by molar-refractivity contribution is 5.87. The number of hydrogen-bond acceptors (Lipinski definition) is 3. The Labute approximate surface area is 88.1 Å². The van der Waals surface area contributed by atoms with E-state index in [0.29, 0.717) is 11.8 Å². The minimum atomic E-state index is -0.103. The summed E-state index contributed by atoms with van der Waals surface area (Å²) in [6, 6.07) is -0.103. The summed E-state index contributed by atoms with van der Waals surface area (Å²) < 4.78 is 0. The van der Waals surface area contributed by atoms with Crippen LogP contribution in [0.15, 0.2) is 0 Å². The molecule has 1 aromatic rings. The molecule has 6 nitrogen and oxygen atoms in total. The molecule has 82 valence electrons. The van der Waals surface area contributed by atoms with Crippen LogP contribution in [-0.2, 0) is 0 Å². The third-order valence-corrected chi connectivity index (χ3v) is 2.46. The molecule has 0 bridgehead atoms. The summed E-state index contributed by atoms with van der Waals surface area (Å²) in [4.78, 5) is 17.5. The van der Waals surface area contributed by atoms with Crippen molar-refractivity contribution in [3.63, 3.8) is 0 Å². The van der Waals surface area contributed by atoms with E-state index in [0.717, 1.165) is 25.9 Å². The van der Waals surface area contributed by atoms with Crippen LogP contribution in [0, 0.1) is 6.92 Å². The lowest BCUT2D eigenvalue weighted by Gasteiger charge is -2.26. The van der Waals surface area contributed by atoms with Crippen LogP contribution in [0.2, 0.25) is 0 Å². The highest BCUT2D eigenvalue weighted by atomic mass is 16.2. The molecule has 2 heterocycles. The number of amides is 2. The summed E-state index contributed by atoms with van der Waals surface area (Å²) >= 11 is 0. The average molecular weight is 209 g/mol. The smallest absolute Gasteiger partial charge is 0.324 e. The van der Waals surface area contributed by atoms with Gasteiger partial charge >= 0.3 is 6.03 Å². The van der Waals surface area contributed by atoms with Crippen molar-refractivity contribution in [3.05, 3.63) is 5.82 Å². The fraction of sp³-hybridized carbons (Fsp3) is 0.667. The summed E-state index contributed by atoms with van der Waals surface area (Å²) in [5.74, 6) is 1.05.